The van der Waals surface area contributed by atoms with Crippen LogP contribution in [0.4, 0.5) is 34.6 Å². The van der Waals surface area contributed by atoms with Gasteiger partial charge in [-0.3, -0.25) is 17.6 Å². The second-order valence-corrected chi connectivity index (χ2v) is 33.0. The Balaban J connectivity index is 0.000000138. The van der Waals surface area contributed by atoms with Crippen LogP contribution in [0.25, 0.3) is 22.1 Å². The first-order valence-electron chi connectivity index (χ1n) is 40.5. The number of nitrogens with two attached hydrogens (primary N) is 4. The Bertz CT molecular complexity index is 5000. The van der Waals surface area contributed by atoms with E-state index in [1.807, 2.05) is 108 Å². The Hall–Kier alpha value is -8.48. The molecule has 4 saturated heterocycles. The van der Waals surface area contributed by atoms with Gasteiger partial charge in [-0.2, -0.15) is 0 Å². The summed E-state index contributed by atoms with van der Waals surface area (Å²) < 4.78 is 54.7. The lowest BCUT2D eigenvalue weighted by Gasteiger charge is -2.33. The molecule has 8 aromatic heterocycles. The molecule has 34 heteroatoms. The van der Waals surface area contributed by atoms with E-state index in [4.69, 9.17) is 154 Å². The number of ether oxygens (including phenoxy) is 8. The highest BCUT2D eigenvalue weighted by molar-refractivity contribution is 6.35. The molecule has 4 aliphatic heterocycles. The molecule has 120 heavy (non-hydrogen) atoms. The summed E-state index contributed by atoms with van der Waals surface area (Å²) >= 11 is 52.4. The predicted molar refractivity (Wildman–Crippen MR) is 481 cm³/mol. The third-order valence-corrected chi connectivity index (χ3v) is 25.4. The topological polar surface area (TPSA) is 305 Å². The average molecular weight is 1800 g/mol. The first kappa shape index (κ1) is 89.3. The summed E-state index contributed by atoms with van der Waals surface area (Å²) in [5, 5.41) is 4.17. The number of morpholine rings is 2. The molecule has 12 aromatic rings. The van der Waals surface area contributed by atoms with Crippen LogP contribution in [0.1, 0.15) is 196 Å². The van der Waals surface area contributed by atoms with E-state index in [0.717, 1.165) is 191 Å². The van der Waals surface area contributed by atoms with E-state index in [9.17, 15) is 0 Å². The molecule has 0 radical (unpaired) electrons. The summed E-state index contributed by atoms with van der Waals surface area (Å²) in [5.74, 6) is 8.02. The van der Waals surface area contributed by atoms with E-state index < -0.39 is 0 Å². The molecular weight excluding hydrogens is 1700 g/mol. The fourth-order valence-corrected chi connectivity index (χ4v) is 18.7. The number of halogens is 8. The van der Waals surface area contributed by atoms with Crippen LogP contribution in [-0.4, -0.2) is 163 Å². The number of rotatable bonds is 20. The number of hydrogen-bond acceptors (Lipinski definition) is 22. The molecule has 640 valence electrons. The lowest BCUT2D eigenvalue weighted by atomic mass is 9.84. The van der Waals surface area contributed by atoms with Gasteiger partial charge in [0.15, 0.2) is 43.9 Å². The predicted octanol–water partition coefficient (Wildman–Crippen LogP) is 19.4. The van der Waals surface area contributed by atoms with Crippen molar-refractivity contribution in [2.75, 3.05) is 138 Å². The first-order chi connectivity index (χ1) is 57.7. The van der Waals surface area contributed by atoms with Crippen molar-refractivity contribution < 1.29 is 37.9 Å². The van der Waals surface area contributed by atoms with Gasteiger partial charge in [0.1, 0.15) is 68.4 Å². The Kier molecular flexibility index (Phi) is 29.3. The molecule has 8 N–H and O–H groups in total. The number of nitrogen functional groups attached to an aromatic ring is 4. The standard InChI is InChI=1S/2C22H26Cl2N4O2.2C21H25Cl2N5O2/c2*1-4-30-19-15(11-16(23)13(3)17(19)14-5-9-29-10-6-14)12(2)22-27-20(24)18-21(25)26-7-8-28(18)22;2*1-4-30-18-14(11-15(22)13(3)16(18)27-7-9-29-10-8-27)12(2)21-26-19(23)17-20(24)25-5-6-28(17)21/h2*7-8,11-12,14H,4-6,9-10H2,1-3H3,(H2,25,26);2*5-6,11-12H,4,7-10H2,1-3H3,(H2,24,25)/t4*12-/m1010/s1. The molecule has 4 aromatic carbocycles. The highest BCUT2D eigenvalue weighted by atomic mass is 35.5. The van der Waals surface area contributed by atoms with Crippen molar-refractivity contribution in [2.45, 2.75) is 144 Å². The molecule has 16 rings (SSSR count). The number of nitrogens with zero attached hydrogens (tertiary/aromatic N) is 14. The van der Waals surface area contributed by atoms with Crippen LogP contribution in [0, 0.1) is 27.7 Å². The van der Waals surface area contributed by atoms with Crippen molar-refractivity contribution in [1.82, 2.24) is 57.5 Å². The lowest BCUT2D eigenvalue weighted by molar-refractivity contribution is 0.0844. The van der Waals surface area contributed by atoms with E-state index in [1.165, 1.54) is 11.1 Å². The fraction of sp³-hybridized carbons (Fsp3) is 0.442. The zero-order chi connectivity index (χ0) is 85.7. The summed E-state index contributed by atoms with van der Waals surface area (Å²) in [4.78, 5) is 39.5. The summed E-state index contributed by atoms with van der Waals surface area (Å²) in [7, 11) is 0. The van der Waals surface area contributed by atoms with Gasteiger partial charge in [0.2, 0.25) is 0 Å². The maximum Gasteiger partial charge on any atom is 0.158 e. The highest BCUT2D eigenvalue weighted by Crippen LogP contribution is 2.51. The molecule has 0 saturated carbocycles. The lowest BCUT2D eigenvalue weighted by Crippen LogP contribution is -2.37. The van der Waals surface area contributed by atoms with Gasteiger partial charge in [0, 0.05) is 179 Å². The van der Waals surface area contributed by atoms with Gasteiger partial charge in [0.05, 0.1) is 64.2 Å². The third kappa shape index (κ3) is 18.0. The van der Waals surface area contributed by atoms with Crippen molar-refractivity contribution in [3.8, 4) is 23.0 Å². The number of anilines is 6. The Morgan fingerprint density at radius 2 is 0.592 bits per heavy atom. The third-order valence-electron chi connectivity index (χ3n) is 22.8. The Labute approximate surface area is 738 Å². The fourth-order valence-electron chi connectivity index (χ4n) is 16.7. The van der Waals surface area contributed by atoms with Crippen LogP contribution >= 0.6 is 92.8 Å². The van der Waals surface area contributed by atoms with E-state index in [0.29, 0.717) is 141 Å². The van der Waals surface area contributed by atoms with Crippen molar-refractivity contribution in [1.29, 1.82) is 0 Å². The molecule has 0 amide bonds. The minimum absolute atomic E-state index is 0.120. The van der Waals surface area contributed by atoms with E-state index >= 15 is 0 Å². The zero-order valence-electron chi connectivity index (χ0n) is 69.4. The number of fused-ring (bicyclic) bond motifs is 4. The zero-order valence-corrected chi connectivity index (χ0v) is 75.4. The van der Waals surface area contributed by atoms with Crippen molar-refractivity contribution in [2.24, 2.45) is 0 Å². The second kappa shape index (κ2) is 39.4. The molecule has 4 atom stereocenters. The maximum absolute atomic E-state index is 6.72. The molecule has 26 nitrogen and oxygen atoms in total. The van der Waals surface area contributed by atoms with Crippen LogP contribution in [0.5, 0.6) is 23.0 Å². The van der Waals surface area contributed by atoms with Gasteiger partial charge in [-0.25, -0.2) is 39.9 Å². The highest BCUT2D eigenvalue weighted by Gasteiger charge is 2.35. The molecule has 4 fully saturated rings. The molecule has 12 heterocycles. The summed E-state index contributed by atoms with van der Waals surface area (Å²) in [6.07, 6.45) is 17.7. The minimum Gasteiger partial charge on any atom is -0.493 e. The summed E-state index contributed by atoms with van der Waals surface area (Å²) in [6, 6.07) is 7.93. The van der Waals surface area contributed by atoms with Gasteiger partial charge < -0.3 is 70.6 Å². The minimum atomic E-state index is -0.147. The van der Waals surface area contributed by atoms with Crippen LogP contribution in [0.2, 0.25) is 40.7 Å². The van der Waals surface area contributed by atoms with Gasteiger partial charge in [-0.15, -0.1) is 0 Å². The van der Waals surface area contributed by atoms with Crippen LogP contribution < -0.4 is 51.7 Å². The van der Waals surface area contributed by atoms with Gasteiger partial charge >= 0.3 is 0 Å². The quantitative estimate of drug-likeness (QED) is 0.0551. The Morgan fingerprint density at radius 1 is 0.358 bits per heavy atom. The van der Waals surface area contributed by atoms with E-state index in [-0.39, 0.29) is 23.7 Å². The van der Waals surface area contributed by atoms with Crippen molar-refractivity contribution in [3.63, 3.8) is 0 Å². The molecule has 4 aliphatic rings. The monoisotopic (exact) mass is 1790 g/mol. The maximum atomic E-state index is 6.72. The number of benzene rings is 4. The largest absolute Gasteiger partial charge is 0.493 e. The summed E-state index contributed by atoms with van der Waals surface area (Å²) in [5.41, 5.74) is 39.0. The van der Waals surface area contributed by atoms with Crippen LogP contribution in [0.3, 0.4) is 0 Å². The average Bonchev–Trinajstić information content (AvgIpc) is 1.43. The number of hydrogen-bond donors (Lipinski definition) is 4. The number of aromatic nitrogens is 12. The van der Waals surface area contributed by atoms with E-state index in [1.54, 1.807) is 24.8 Å². The number of imidazole rings is 4. The van der Waals surface area contributed by atoms with Crippen LogP contribution in [0.15, 0.2) is 73.8 Å². The SMILES string of the molecule is CCOc1c([C@@H](C)c2nc(Cl)c3c(N)nccn23)cc(Cl)c(C)c1C1CCOCC1.CCOc1c([C@@H](C)c2nc(Cl)c3c(N)nccn23)cc(Cl)c(C)c1N1CCOCC1.CCOc1c([C@H](C)c2nc(Cl)c3c(N)nccn23)cc(Cl)c(C)c1C1CCOCC1.CCOc1c([C@H](C)c2nc(Cl)c3c(N)nccn23)cc(Cl)c(C)c1N1CCOCC1. The first-order valence-corrected chi connectivity index (χ1v) is 43.5. The van der Waals surface area contributed by atoms with Crippen molar-refractivity contribution >= 4 is 150 Å². The summed E-state index contributed by atoms with van der Waals surface area (Å²) in [6.45, 7) is 35.5. The molecule has 0 bridgehead atoms. The van der Waals surface area contributed by atoms with Crippen LogP contribution in [-0.2, 0) is 18.9 Å². The van der Waals surface area contributed by atoms with Crippen molar-refractivity contribution in [3.05, 3.63) is 193 Å². The smallest absolute Gasteiger partial charge is 0.158 e. The van der Waals surface area contributed by atoms with Gasteiger partial charge in [-0.1, -0.05) is 121 Å². The Morgan fingerprint density at radius 3 is 0.850 bits per heavy atom. The second-order valence-electron chi connectivity index (χ2n) is 29.9. The normalized spacial score (nSPS) is 15.9. The van der Waals surface area contributed by atoms with Gasteiger partial charge in [-0.05, 0) is 139 Å². The van der Waals surface area contributed by atoms with Gasteiger partial charge in [0.25, 0.3) is 0 Å². The molecule has 0 unspecified atom stereocenters. The molecule has 0 aliphatic carbocycles. The molecule has 0 spiro atoms. The molecular formula is C86H102Cl8N18O8. The van der Waals surface area contributed by atoms with E-state index in [2.05, 4.69) is 91.2 Å².